The summed E-state index contributed by atoms with van der Waals surface area (Å²) in [5, 5.41) is 20.3. The van der Waals surface area contributed by atoms with Gasteiger partial charge in [0.05, 0.1) is 17.6 Å². The Morgan fingerprint density at radius 1 is 1.22 bits per heavy atom. The van der Waals surface area contributed by atoms with E-state index in [-0.39, 0.29) is 42.1 Å². The number of methoxy groups -OCH3 is 1. The van der Waals surface area contributed by atoms with Crippen LogP contribution in [0, 0.1) is 18.3 Å². The molecule has 36 heavy (non-hydrogen) atoms. The van der Waals surface area contributed by atoms with Crippen molar-refractivity contribution in [1.82, 2.24) is 9.47 Å². The zero-order valence-electron chi connectivity index (χ0n) is 20.4. The first-order chi connectivity index (χ1) is 17.2. The number of hydrogen-bond acceptors (Lipinski definition) is 8. The van der Waals surface area contributed by atoms with Gasteiger partial charge in [0.25, 0.3) is 11.5 Å². The molecule has 1 amide bonds. The maximum absolute atomic E-state index is 13.2. The predicted molar refractivity (Wildman–Crippen MR) is 143 cm³/mol. The minimum Gasteiger partial charge on any atom is -0.497 e. The molecule has 1 aliphatic heterocycles. The summed E-state index contributed by atoms with van der Waals surface area (Å²) in [6.45, 7) is 3.70. The first-order valence-electron chi connectivity index (χ1n) is 11.5. The standard InChI is InChI=1S/C26H27N3O5S2/c1-4-5-6-12-28-23(31)19(15-27)16(2)22(25(28)33)20(30)11-13-29-24(32)21(36-26(29)35)14-17-7-9-18(34-3)10-8-17/h7-10,14,33H,4-6,11-13H2,1-3H3/b21-14-. The fourth-order valence-corrected chi connectivity index (χ4v) is 5.20. The zero-order chi connectivity index (χ0) is 26.4. The Kier molecular flexibility index (Phi) is 9.07. The Labute approximate surface area is 219 Å². The van der Waals surface area contributed by atoms with Crippen molar-refractivity contribution in [1.29, 1.82) is 5.26 Å². The second kappa shape index (κ2) is 12.0. The van der Waals surface area contributed by atoms with Crippen LogP contribution in [0.4, 0.5) is 0 Å². The smallest absolute Gasteiger partial charge is 0.271 e. The normalized spacial score (nSPS) is 14.4. The van der Waals surface area contributed by atoms with Gasteiger partial charge in [-0.15, -0.1) is 0 Å². The highest BCUT2D eigenvalue weighted by molar-refractivity contribution is 8.26. The van der Waals surface area contributed by atoms with Crippen LogP contribution in [0.25, 0.3) is 6.08 Å². The maximum Gasteiger partial charge on any atom is 0.271 e. The average Bonchev–Trinajstić information content (AvgIpc) is 3.12. The second-order valence-corrected chi connectivity index (χ2v) is 9.93. The summed E-state index contributed by atoms with van der Waals surface area (Å²) < 4.78 is 6.56. The van der Waals surface area contributed by atoms with Crippen LogP contribution in [0.2, 0.25) is 0 Å². The van der Waals surface area contributed by atoms with Crippen molar-refractivity contribution in [2.75, 3.05) is 13.7 Å². The number of amides is 1. The Bertz CT molecular complexity index is 1320. The molecule has 1 aromatic carbocycles. The minimum atomic E-state index is -0.610. The van der Waals surface area contributed by atoms with Crippen molar-refractivity contribution in [3.63, 3.8) is 0 Å². The summed E-state index contributed by atoms with van der Waals surface area (Å²) in [4.78, 5) is 40.6. The number of unbranched alkanes of at least 4 members (excludes halogenated alkanes) is 2. The number of aromatic nitrogens is 1. The molecule has 8 nitrogen and oxygen atoms in total. The molecular weight excluding hydrogens is 498 g/mol. The topological polar surface area (TPSA) is 113 Å². The number of ether oxygens (including phenoxy) is 1. The molecule has 10 heteroatoms. The predicted octanol–water partition coefficient (Wildman–Crippen LogP) is 4.41. The average molecular weight is 526 g/mol. The van der Waals surface area contributed by atoms with E-state index in [1.165, 1.54) is 11.8 Å². The number of aromatic hydroxyl groups is 1. The molecule has 2 heterocycles. The highest BCUT2D eigenvalue weighted by atomic mass is 32.2. The van der Waals surface area contributed by atoms with Gasteiger partial charge in [-0.05, 0) is 42.7 Å². The van der Waals surface area contributed by atoms with Gasteiger partial charge in [0, 0.05) is 19.5 Å². The van der Waals surface area contributed by atoms with Crippen LogP contribution < -0.4 is 10.3 Å². The van der Waals surface area contributed by atoms with E-state index < -0.39 is 17.2 Å². The third-order valence-corrected chi connectivity index (χ3v) is 7.29. The summed E-state index contributed by atoms with van der Waals surface area (Å²) in [7, 11) is 1.57. The molecule has 0 unspecified atom stereocenters. The molecule has 0 atom stereocenters. The third kappa shape index (κ3) is 5.69. The largest absolute Gasteiger partial charge is 0.497 e. The monoisotopic (exact) mass is 525 g/mol. The molecule has 0 saturated carbocycles. The number of thiocarbonyl (C=S) groups is 1. The number of carbonyl (C=O) groups is 2. The van der Waals surface area contributed by atoms with E-state index in [0.29, 0.717) is 21.4 Å². The van der Waals surface area contributed by atoms with Gasteiger partial charge in [0.1, 0.15) is 21.7 Å². The molecule has 0 radical (unpaired) electrons. The molecule has 3 rings (SSSR count). The number of nitriles is 1. The molecule has 1 aromatic heterocycles. The van der Waals surface area contributed by atoms with E-state index in [9.17, 15) is 24.8 Å². The van der Waals surface area contributed by atoms with E-state index in [1.807, 2.05) is 25.1 Å². The van der Waals surface area contributed by atoms with Crippen LogP contribution in [0.1, 0.15) is 59.7 Å². The molecule has 1 fully saturated rings. The van der Waals surface area contributed by atoms with E-state index in [4.69, 9.17) is 17.0 Å². The number of carbonyl (C=O) groups excluding carboxylic acids is 2. The van der Waals surface area contributed by atoms with Crippen molar-refractivity contribution in [2.24, 2.45) is 0 Å². The van der Waals surface area contributed by atoms with E-state index in [0.717, 1.165) is 34.7 Å². The Hall–Kier alpha value is -3.42. The molecule has 0 aliphatic carbocycles. The van der Waals surface area contributed by atoms with Gasteiger partial charge in [-0.3, -0.25) is 23.9 Å². The van der Waals surface area contributed by atoms with E-state index in [2.05, 4.69) is 0 Å². The Balaban J connectivity index is 1.80. The molecular formula is C26H27N3O5S2. The number of rotatable bonds is 10. The van der Waals surface area contributed by atoms with Gasteiger partial charge in [-0.2, -0.15) is 5.26 Å². The highest BCUT2D eigenvalue weighted by Gasteiger charge is 2.33. The van der Waals surface area contributed by atoms with Crippen molar-refractivity contribution >= 4 is 46.1 Å². The number of nitrogens with zero attached hydrogens (tertiary/aromatic N) is 3. The van der Waals surface area contributed by atoms with Gasteiger partial charge in [0.2, 0.25) is 5.88 Å². The number of benzene rings is 1. The summed E-state index contributed by atoms with van der Waals surface area (Å²) in [6.07, 6.45) is 3.97. The summed E-state index contributed by atoms with van der Waals surface area (Å²) in [5.74, 6) is -0.522. The van der Waals surface area contributed by atoms with Crippen LogP contribution in [0.3, 0.4) is 0 Å². The molecule has 0 bridgehead atoms. The number of ketones is 1. The summed E-state index contributed by atoms with van der Waals surface area (Å²) in [6, 6.07) is 9.09. The van der Waals surface area contributed by atoms with Crippen molar-refractivity contribution in [2.45, 2.75) is 46.1 Å². The van der Waals surface area contributed by atoms with Gasteiger partial charge >= 0.3 is 0 Å². The van der Waals surface area contributed by atoms with E-state index >= 15 is 0 Å². The fourth-order valence-electron chi connectivity index (χ4n) is 3.89. The molecule has 1 N–H and O–H groups in total. The first-order valence-corrected chi connectivity index (χ1v) is 12.7. The summed E-state index contributed by atoms with van der Waals surface area (Å²) in [5.41, 5.74) is 0.104. The lowest BCUT2D eigenvalue weighted by Crippen LogP contribution is -2.31. The summed E-state index contributed by atoms with van der Waals surface area (Å²) >= 11 is 6.52. The Morgan fingerprint density at radius 2 is 1.92 bits per heavy atom. The van der Waals surface area contributed by atoms with Gasteiger partial charge in [-0.1, -0.05) is 55.9 Å². The number of thioether (sulfide) groups is 1. The third-order valence-electron chi connectivity index (χ3n) is 5.91. The lowest BCUT2D eigenvalue weighted by atomic mass is 9.99. The lowest BCUT2D eigenvalue weighted by molar-refractivity contribution is -0.122. The van der Waals surface area contributed by atoms with E-state index in [1.54, 1.807) is 25.3 Å². The fraction of sp³-hybridized carbons (Fsp3) is 0.346. The van der Waals surface area contributed by atoms with Crippen molar-refractivity contribution < 1.29 is 19.4 Å². The van der Waals surface area contributed by atoms with Gasteiger partial charge in [-0.25, -0.2) is 0 Å². The maximum atomic E-state index is 13.2. The van der Waals surface area contributed by atoms with Crippen molar-refractivity contribution in [3.05, 3.63) is 61.8 Å². The first kappa shape index (κ1) is 27.2. The van der Waals surface area contributed by atoms with Crippen LogP contribution in [-0.4, -0.2) is 44.2 Å². The SMILES string of the molecule is CCCCCn1c(O)c(C(=O)CCN2C(=O)/C(=C/c3ccc(OC)cc3)SC2=S)c(C)c(C#N)c1=O. The van der Waals surface area contributed by atoms with Crippen LogP contribution in [-0.2, 0) is 11.3 Å². The lowest BCUT2D eigenvalue weighted by Gasteiger charge is -2.17. The molecule has 188 valence electrons. The quantitative estimate of drug-likeness (QED) is 0.210. The number of Topliss-reactive ketones (excluding diaryl/α,β-unsaturated/α-hetero) is 1. The number of pyridine rings is 1. The molecule has 0 spiro atoms. The van der Waals surface area contributed by atoms with Crippen LogP contribution in [0.5, 0.6) is 11.6 Å². The van der Waals surface area contributed by atoms with Crippen molar-refractivity contribution in [3.8, 4) is 17.7 Å². The van der Waals surface area contributed by atoms with Crippen LogP contribution >= 0.6 is 24.0 Å². The molecule has 1 aliphatic rings. The molecule has 2 aromatic rings. The highest BCUT2D eigenvalue weighted by Crippen LogP contribution is 2.33. The minimum absolute atomic E-state index is 0.0131. The number of hydrogen-bond donors (Lipinski definition) is 1. The second-order valence-electron chi connectivity index (χ2n) is 8.25. The van der Waals surface area contributed by atoms with Crippen LogP contribution in [0.15, 0.2) is 34.0 Å². The molecule has 1 saturated heterocycles. The van der Waals surface area contributed by atoms with Gasteiger partial charge in [0.15, 0.2) is 5.78 Å². The Morgan fingerprint density at radius 3 is 2.53 bits per heavy atom. The van der Waals surface area contributed by atoms with Gasteiger partial charge < -0.3 is 9.84 Å². The zero-order valence-corrected chi connectivity index (χ0v) is 22.0.